The third-order valence-corrected chi connectivity index (χ3v) is 6.20. The lowest BCUT2D eigenvalue weighted by molar-refractivity contribution is 0.134. The SMILES string of the molecule is [C-]#[N+]c1cccc(C2N(c3ccc(Cl)cc3)C(=O)N(c3ccc(Cl)cc3)C2(C)COC)c1. The molecule has 3 aromatic rings. The summed E-state index contributed by atoms with van der Waals surface area (Å²) in [6.07, 6.45) is 0. The Morgan fingerprint density at radius 1 is 1.00 bits per heavy atom. The molecule has 0 N–H and O–H groups in total. The van der Waals surface area contributed by atoms with Gasteiger partial charge in [-0.1, -0.05) is 47.5 Å². The Morgan fingerprint density at radius 3 is 2.16 bits per heavy atom. The van der Waals surface area contributed by atoms with Crippen LogP contribution in [0.2, 0.25) is 10.0 Å². The summed E-state index contributed by atoms with van der Waals surface area (Å²) in [5, 5.41) is 1.17. The number of hydrogen-bond acceptors (Lipinski definition) is 2. The van der Waals surface area contributed by atoms with Gasteiger partial charge in [0, 0.05) is 28.5 Å². The quantitative estimate of drug-likeness (QED) is 0.375. The van der Waals surface area contributed by atoms with Crippen LogP contribution in [0.25, 0.3) is 4.85 Å². The lowest BCUT2D eigenvalue weighted by atomic mass is 9.86. The average molecular weight is 466 g/mol. The van der Waals surface area contributed by atoms with Gasteiger partial charge in [0.2, 0.25) is 0 Å². The molecule has 1 heterocycles. The number of carbonyl (C=O) groups excluding carboxylic acids is 1. The van der Waals surface area contributed by atoms with Gasteiger partial charge in [0.15, 0.2) is 5.69 Å². The number of ether oxygens (including phenoxy) is 1. The molecule has 0 saturated carbocycles. The van der Waals surface area contributed by atoms with E-state index < -0.39 is 11.6 Å². The minimum Gasteiger partial charge on any atom is -0.382 e. The Balaban J connectivity index is 1.95. The molecular formula is C25H21Cl2N3O2. The van der Waals surface area contributed by atoms with E-state index in [0.717, 1.165) is 5.56 Å². The number of methoxy groups -OCH3 is 1. The van der Waals surface area contributed by atoms with Crippen molar-refractivity contribution in [1.29, 1.82) is 0 Å². The summed E-state index contributed by atoms with van der Waals surface area (Å²) in [6.45, 7) is 9.72. The first kappa shape index (κ1) is 22.2. The molecule has 0 aromatic heterocycles. The summed E-state index contributed by atoms with van der Waals surface area (Å²) < 4.78 is 5.64. The zero-order chi connectivity index (χ0) is 22.9. The molecule has 162 valence electrons. The largest absolute Gasteiger partial charge is 0.382 e. The molecule has 0 bridgehead atoms. The molecule has 2 amide bonds. The van der Waals surface area contributed by atoms with Crippen molar-refractivity contribution < 1.29 is 9.53 Å². The second kappa shape index (κ2) is 8.84. The highest BCUT2D eigenvalue weighted by atomic mass is 35.5. The van der Waals surface area contributed by atoms with E-state index in [2.05, 4.69) is 4.85 Å². The van der Waals surface area contributed by atoms with Crippen LogP contribution in [0.15, 0.2) is 72.8 Å². The summed E-state index contributed by atoms with van der Waals surface area (Å²) in [7, 11) is 1.62. The van der Waals surface area contributed by atoms with Crippen molar-refractivity contribution in [1.82, 2.24) is 0 Å². The van der Waals surface area contributed by atoms with E-state index >= 15 is 0 Å². The third kappa shape index (κ3) is 3.82. The van der Waals surface area contributed by atoms with Crippen LogP contribution in [0.5, 0.6) is 0 Å². The van der Waals surface area contributed by atoms with Crippen molar-refractivity contribution in [3.8, 4) is 0 Å². The Bertz CT molecular complexity index is 1180. The Kier molecular flexibility index (Phi) is 6.12. The van der Waals surface area contributed by atoms with Crippen molar-refractivity contribution in [2.75, 3.05) is 23.5 Å². The van der Waals surface area contributed by atoms with Gasteiger partial charge >= 0.3 is 6.03 Å². The fourth-order valence-electron chi connectivity index (χ4n) is 4.40. The fourth-order valence-corrected chi connectivity index (χ4v) is 4.65. The van der Waals surface area contributed by atoms with Gasteiger partial charge in [-0.05, 0) is 61.0 Å². The highest BCUT2D eigenvalue weighted by molar-refractivity contribution is 6.31. The normalized spacial score (nSPS) is 20.5. The maximum absolute atomic E-state index is 14.0. The first-order chi connectivity index (χ1) is 15.4. The van der Waals surface area contributed by atoms with Gasteiger partial charge in [-0.2, -0.15) is 0 Å². The van der Waals surface area contributed by atoms with E-state index in [0.29, 0.717) is 27.1 Å². The highest BCUT2D eigenvalue weighted by Crippen LogP contribution is 2.48. The molecule has 5 nitrogen and oxygen atoms in total. The molecule has 32 heavy (non-hydrogen) atoms. The van der Waals surface area contributed by atoms with Crippen molar-refractivity contribution in [3.05, 3.63) is 99.8 Å². The third-order valence-electron chi connectivity index (χ3n) is 5.70. The Morgan fingerprint density at radius 2 is 1.59 bits per heavy atom. The van der Waals surface area contributed by atoms with Crippen molar-refractivity contribution >= 4 is 46.3 Å². The average Bonchev–Trinajstić information content (AvgIpc) is 3.02. The number of rotatable bonds is 5. The lowest BCUT2D eigenvalue weighted by Gasteiger charge is -2.38. The van der Waals surface area contributed by atoms with Crippen LogP contribution in [-0.2, 0) is 4.74 Å². The number of hydrogen-bond donors (Lipinski definition) is 0. The van der Waals surface area contributed by atoms with E-state index in [1.54, 1.807) is 47.2 Å². The zero-order valence-electron chi connectivity index (χ0n) is 17.6. The van der Waals surface area contributed by atoms with Gasteiger partial charge < -0.3 is 4.74 Å². The van der Waals surface area contributed by atoms with Gasteiger partial charge in [0.1, 0.15) is 0 Å². The van der Waals surface area contributed by atoms with Crippen LogP contribution in [0.1, 0.15) is 18.5 Å². The smallest absolute Gasteiger partial charge is 0.330 e. The Hall–Kier alpha value is -3.04. The van der Waals surface area contributed by atoms with Crippen molar-refractivity contribution in [3.63, 3.8) is 0 Å². The van der Waals surface area contributed by atoms with Gasteiger partial charge in [0.05, 0.1) is 24.8 Å². The lowest BCUT2D eigenvalue weighted by Crippen LogP contribution is -2.49. The van der Waals surface area contributed by atoms with Crippen LogP contribution in [0.4, 0.5) is 21.9 Å². The first-order valence-electron chi connectivity index (χ1n) is 10.00. The number of halogens is 2. The molecule has 0 spiro atoms. The maximum atomic E-state index is 14.0. The van der Waals surface area contributed by atoms with Crippen LogP contribution >= 0.6 is 23.2 Å². The predicted octanol–water partition coefficient (Wildman–Crippen LogP) is 7.14. The topological polar surface area (TPSA) is 37.1 Å². The van der Waals surface area contributed by atoms with Gasteiger partial charge in [0.25, 0.3) is 0 Å². The molecule has 0 aliphatic carbocycles. The number of anilines is 2. The molecular weight excluding hydrogens is 445 g/mol. The fraction of sp³-hybridized carbons (Fsp3) is 0.200. The minimum absolute atomic E-state index is 0.201. The standard InChI is InChI=1S/C25H21Cl2N3O2/c1-25(16-32-3)23(17-5-4-6-20(15-17)28-2)29(21-11-7-18(26)8-12-21)24(31)30(25)22-13-9-19(27)10-14-22/h4-15,23H,16H2,1,3H3. The molecule has 3 aromatic carbocycles. The molecule has 4 rings (SSSR count). The highest BCUT2D eigenvalue weighted by Gasteiger charge is 2.56. The van der Waals surface area contributed by atoms with E-state index in [4.69, 9.17) is 34.5 Å². The van der Waals surface area contributed by atoms with Crippen LogP contribution in [0.3, 0.4) is 0 Å². The van der Waals surface area contributed by atoms with E-state index in [1.165, 1.54) is 0 Å². The second-order valence-corrected chi connectivity index (χ2v) is 8.71. The summed E-state index contributed by atoms with van der Waals surface area (Å²) in [4.78, 5) is 21.0. The Labute approximate surface area is 197 Å². The van der Waals surface area contributed by atoms with Gasteiger partial charge in [-0.3, -0.25) is 9.80 Å². The number of benzene rings is 3. The van der Waals surface area contributed by atoms with Crippen LogP contribution in [-0.4, -0.2) is 25.3 Å². The molecule has 1 fully saturated rings. The van der Waals surface area contributed by atoms with Crippen molar-refractivity contribution in [2.24, 2.45) is 0 Å². The zero-order valence-corrected chi connectivity index (χ0v) is 19.1. The van der Waals surface area contributed by atoms with E-state index in [9.17, 15) is 4.79 Å². The monoisotopic (exact) mass is 465 g/mol. The molecule has 2 atom stereocenters. The summed E-state index contributed by atoms with van der Waals surface area (Å²) in [6, 6.07) is 21.1. The summed E-state index contributed by atoms with van der Waals surface area (Å²) in [5.74, 6) is 0. The molecule has 7 heteroatoms. The molecule has 1 aliphatic rings. The summed E-state index contributed by atoms with van der Waals surface area (Å²) >= 11 is 12.2. The predicted molar refractivity (Wildman–Crippen MR) is 129 cm³/mol. The maximum Gasteiger partial charge on any atom is 0.330 e. The van der Waals surface area contributed by atoms with Gasteiger partial charge in [-0.25, -0.2) is 9.64 Å². The van der Waals surface area contributed by atoms with E-state index in [1.807, 2.05) is 49.4 Å². The number of urea groups is 1. The van der Waals surface area contributed by atoms with E-state index in [-0.39, 0.29) is 12.6 Å². The minimum atomic E-state index is -0.778. The number of amides is 2. The second-order valence-electron chi connectivity index (χ2n) is 7.84. The number of carbonyl (C=O) groups is 1. The molecule has 1 saturated heterocycles. The molecule has 0 radical (unpaired) electrons. The van der Waals surface area contributed by atoms with Gasteiger partial charge in [-0.15, -0.1) is 0 Å². The molecule has 1 aliphatic heterocycles. The molecule has 2 unspecified atom stereocenters. The van der Waals surface area contributed by atoms with Crippen molar-refractivity contribution in [2.45, 2.75) is 18.5 Å². The summed E-state index contributed by atoms with van der Waals surface area (Å²) in [5.41, 5.74) is 1.99. The van der Waals surface area contributed by atoms with Crippen LogP contribution in [0, 0.1) is 6.57 Å². The number of nitrogens with zero attached hydrogens (tertiary/aromatic N) is 3. The van der Waals surface area contributed by atoms with Crippen LogP contribution < -0.4 is 9.80 Å². The first-order valence-corrected chi connectivity index (χ1v) is 10.8.